The molecule has 46 valence electrons. The minimum absolute atomic E-state index is 0.386. The van der Waals surface area contributed by atoms with Crippen LogP contribution >= 0.6 is 12.2 Å². The highest BCUT2D eigenvalue weighted by atomic mass is 32.1. The van der Waals surface area contributed by atoms with E-state index in [1.165, 1.54) is 0 Å². The zero-order valence-corrected chi connectivity index (χ0v) is 5.21. The summed E-state index contributed by atoms with van der Waals surface area (Å²) in [6.07, 6.45) is 0.504. The second-order valence-electron chi connectivity index (χ2n) is 0.966. The van der Waals surface area contributed by atoms with E-state index in [1.807, 2.05) is 0 Å². The van der Waals surface area contributed by atoms with Crippen LogP contribution in [0.15, 0.2) is 0 Å². The largest absolute Gasteiger partial charge is 0.364 e. The van der Waals surface area contributed by atoms with E-state index in [9.17, 15) is 4.79 Å². The molecule has 0 aliphatic rings. The van der Waals surface area contributed by atoms with Crippen LogP contribution in [-0.4, -0.2) is 18.6 Å². The molecule has 0 heterocycles. The fourth-order valence-corrected chi connectivity index (χ4v) is 0.216. The fourth-order valence-electron chi connectivity index (χ4n) is 0.158. The average Bonchev–Trinajstić information content (AvgIpc) is 1.83. The second kappa shape index (κ2) is 4.32. The molecule has 0 radical (unpaired) electrons. The summed E-state index contributed by atoms with van der Waals surface area (Å²) in [5, 5.41) is 2.98. The summed E-state index contributed by atoms with van der Waals surface area (Å²) >= 11 is 4.58. The first kappa shape index (κ1) is 7.16. The number of carbonyl (C=O) groups is 1. The highest BCUT2D eigenvalue weighted by Crippen LogP contribution is 1.53. The lowest BCUT2D eigenvalue weighted by Crippen LogP contribution is -2.41. The van der Waals surface area contributed by atoms with Crippen LogP contribution in [0.1, 0.15) is 0 Å². The Bertz CT molecular complexity index is 94.5. The molecule has 0 atom stereocenters. The summed E-state index contributed by atoms with van der Waals surface area (Å²) in [5.74, 6) is 0. The zero-order valence-electron chi connectivity index (χ0n) is 4.39. The zero-order chi connectivity index (χ0) is 6.41. The number of hydrogen-bond donors (Lipinski definition) is 3. The number of rotatable bonds is 2. The Morgan fingerprint density at radius 1 is 1.75 bits per heavy atom. The van der Waals surface area contributed by atoms with Gasteiger partial charge in [-0.05, 0) is 12.2 Å². The number of thiocarbonyl (C=S) groups is 1. The summed E-state index contributed by atoms with van der Waals surface area (Å²) in [7, 11) is 1.65. The lowest BCUT2D eigenvalue weighted by Gasteiger charge is -2.01. The van der Waals surface area contributed by atoms with Gasteiger partial charge in [0, 0.05) is 7.05 Å². The van der Waals surface area contributed by atoms with Gasteiger partial charge in [0.15, 0.2) is 5.11 Å². The quantitative estimate of drug-likeness (QED) is 0.250. The first-order valence-electron chi connectivity index (χ1n) is 1.98. The van der Waals surface area contributed by atoms with Crippen LogP contribution in [0.5, 0.6) is 0 Å². The van der Waals surface area contributed by atoms with Gasteiger partial charge in [0.1, 0.15) is 0 Å². The minimum Gasteiger partial charge on any atom is -0.364 e. The van der Waals surface area contributed by atoms with Crippen LogP contribution in [0.3, 0.4) is 0 Å². The number of carbonyl (C=O) groups excluding carboxylic acids is 1. The van der Waals surface area contributed by atoms with E-state index in [0.29, 0.717) is 11.5 Å². The van der Waals surface area contributed by atoms with Crippen molar-refractivity contribution in [3.05, 3.63) is 0 Å². The SMILES string of the molecule is CNC(=S)NNC=O. The maximum Gasteiger partial charge on any atom is 0.225 e. The van der Waals surface area contributed by atoms with Gasteiger partial charge in [-0.2, -0.15) is 0 Å². The van der Waals surface area contributed by atoms with Crippen molar-refractivity contribution in [2.24, 2.45) is 0 Å². The lowest BCUT2D eigenvalue weighted by molar-refractivity contribution is -0.110. The summed E-state index contributed by atoms with van der Waals surface area (Å²) in [4.78, 5) is 9.56. The van der Waals surface area contributed by atoms with Crippen LogP contribution in [0.4, 0.5) is 0 Å². The average molecular weight is 133 g/mol. The number of nitrogens with one attached hydrogen (secondary N) is 3. The molecule has 8 heavy (non-hydrogen) atoms. The lowest BCUT2D eigenvalue weighted by atomic mass is 11.0. The van der Waals surface area contributed by atoms with Crippen molar-refractivity contribution in [2.75, 3.05) is 7.05 Å². The molecule has 0 saturated carbocycles. The molecule has 0 aromatic carbocycles. The van der Waals surface area contributed by atoms with Crippen molar-refractivity contribution in [3.8, 4) is 0 Å². The molecule has 0 rings (SSSR count). The first-order valence-corrected chi connectivity index (χ1v) is 2.39. The molecule has 0 spiro atoms. The third-order valence-electron chi connectivity index (χ3n) is 0.472. The van der Waals surface area contributed by atoms with Gasteiger partial charge < -0.3 is 5.32 Å². The van der Waals surface area contributed by atoms with Crippen molar-refractivity contribution >= 4 is 23.7 Å². The second-order valence-corrected chi connectivity index (χ2v) is 1.37. The van der Waals surface area contributed by atoms with Gasteiger partial charge in [-0.25, -0.2) is 0 Å². The molecule has 0 aromatic heterocycles. The molecule has 4 nitrogen and oxygen atoms in total. The Labute approximate surface area is 52.6 Å². The van der Waals surface area contributed by atoms with Crippen LogP contribution < -0.4 is 16.2 Å². The van der Waals surface area contributed by atoms with E-state index in [0.717, 1.165) is 0 Å². The predicted octanol–water partition coefficient (Wildman–Crippen LogP) is -1.26. The Morgan fingerprint density at radius 3 is 2.75 bits per heavy atom. The highest BCUT2D eigenvalue weighted by Gasteiger charge is 1.82. The van der Waals surface area contributed by atoms with Crippen molar-refractivity contribution < 1.29 is 4.79 Å². The fraction of sp³-hybridized carbons (Fsp3) is 0.333. The summed E-state index contributed by atoms with van der Waals surface area (Å²) in [6.45, 7) is 0. The monoisotopic (exact) mass is 133 g/mol. The smallest absolute Gasteiger partial charge is 0.225 e. The highest BCUT2D eigenvalue weighted by molar-refractivity contribution is 7.80. The van der Waals surface area contributed by atoms with Crippen molar-refractivity contribution in [3.63, 3.8) is 0 Å². The van der Waals surface area contributed by atoms with E-state index in [2.05, 4.69) is 28.4 Å². The molecule has 3 N–H and O–H groups in total. The van der Waals surface area contributed by atoms with Crippen LogP contribution in [0.25, 0.3) is 0 Å². The number of hydrogen-bond acceptors (Lipinski definition) is 2. The van der Waals surface area contributed by atoms with Gasteiger partial charge >= 0.3 is 0 Å². The predicted molar refractivity (Wildman–Crippen MR) is 34.0 cm³/mol. The van der Waals surface area contributed by atoms with Gasteiger partial charge in [0.25, 0.3) is 0 Å². The van der Waals surface area contributed by atoms with Crippen molar-refractivity contribution in [1.29, 1.82) is 0 Å². The molecular weight excluding hydrogens is 126 g/mol. The van der Waals surface area contributed by atoms with Gasteiger partial charge in [-0.15, -0.1) is 0 Å². The Kier molecular flexibility index (Phi) is 3.87. The molecule has 0 aliphatic carbocycles. The molecular formula is C3H7N3OS. The van der Waals surface area contributed by atoms with E-state index in [-0.39, 0.29) is 0 Å². The van der Waals surface area contributed by atoms with Crippen LogP contribution in [0.2, 0.25) is 0 Å². The minimum atomic E-state index is 0.386. The maximum atomic E-state index is 9.56. The van der Waals surface area contributed by atoms with Gasteiger partial charge in [0.2, 0.25) is 6.41 Å². The summed E-state index contributed by atoms with van der Waals surface area (Å²) in [6, 6.07) is 0. The van der Waals surface area contributed by atoms with Crippen molar-refractivity contribution in [2.45, 2.75) is 0 Å². The molecule has 0 fully saturated rings. The van der Waals surface area contributed by atoms with E-state index >= 15 is 0 Å². The van der Waals surface area contributed by atoms with Crippen LogP contribution in [0, 0.1) is 0 Å². The Balaban J connectivity index is 3.11. The van der Waals surface area contributed by atoms with Gasteiger partial charge in [-0.1, -0.05) is 0 Å². The Hall–Kier alpha value is -0.840. The molecule has 1 amide bonds. The molecule has 0 bridgehead atoms. The molecule has 0 aliphatic heterocycles. The third kappa shape index (κ3) is 3.35. The Morgan fingerprint density at radius 2 is 2.38 bits per heavy atom. The van der Waals surface area contributed by atoms with Crippen LogP contribution in [-0.2, 0) is 4.79 Å². The topological polar surface area (TPSA) is 53.2 Å². The van der Waals surface area contributed by atoms with Gasteiger partial charge in [-0.3, -0.25) is 15.6 Å². The molecule has 0 saturated heterocycles. The standard InChI is InChI=1S/C3H7N3OS/c1-4-3(8)6-5-2-7/h2H,1H3,(H,5,7)(H2,4,6,8). The first-order chi connectivity index (χ1) is 3.81. The summed E-state index contributed by atoms with van der Waals surface area (Å²) < 4.78 is 0. The van der Waals surface area contributed by atoms with E-state index in [1.54, 1.807) is 7.05 Å². The van der Waals surface area contributed by atoms with Gasteiger partial charge in [0.05, 0.1) is 0 Å². The number of hydrazine groups is 1. The number of amides is 1. The summed E-state index contributed by atoms with van der Waals surface area (Å²) in [5.41, 5.74) is 4.55. The molecule has 5 heteroatoms. The molecule has 0 unspecified atom stereocenters. The normalized spacial score (nSPS) is 7.12. The van der Waals surface area contributed by atoms with E-state index < -0.39 is 0 Å². The third-order valence-corrected chi connectivity index (χ3v) is 0.778. The van der Waals surface area contributed by atoms with E-state index in [4.69, 9.17) is 0 Å². The van der Waals surface area contributed by atoms with Crippen molar-refractivity contribution in [1.82, 2.24) is 16.2 Å². The maximum absolute atomic E-state index is 9.56. The molecule has 0 aromatic rings.